The summed E-state index contributed by atoms with van der Waals surface area (Å²) < 4.78 is 0. The summed E-state index contributed by atoms with van der Waals surface area (Å²) in [6.45, 7) is 0.649. The first kappa shape index (κ1) is 13.9. The summed E-state index contributed by atoms with van der Waals surface area (Å²) >= 11 is 6.04. The number of hydrogen-bond donors (Lipinski definition) is 3. The van der Waals surface area contributed by atoms with Gasteiger partial charge >= 0.3 is 0 Å². The van der Waals surface area contributed by atoms with Crippen LogP contribution in [0, 0.1) is 5.92 Å². The van der Waals surface area contributed by atoms with Crippen LogP contribution in [0.5, 0.6) is 0 Å². The van der Waals surface area contributed by atoms with Crippen molar-refractivity contribution in [3.8, 4) is 0 Å². The second-order valence-electron chi connectivity index (χ2n) is 5.65. The summed E-state index contributed by atoms with van der Waals surface area (Å²) in [6, 6.07) is 8.04. The van der Waals surface area contributed by atoms with E-state index in [9.17, 15) is 4.79 Å². The molecule has 0 bridgehead atoms. The standard InChI is InChI=1S/C15H20ClN3O/c16-11-5-3-4-10(8-11)14-13(9-17-19-14)15(20)18-12-6-1-2-7-12/h3-5,8,12-14,17,19H,1-2,6-7,9H2,(H,18,20). The van der Waals surface area contributed by atoms with Crippen molar-refractivity contribution in [1.82, 2.24) is 16.2 Å². The molecule has 1 aromatic rings. The van der Waals surface area contributed by atoms with Gasteiger partial charge in [-0.2, -0.15) is 0 Å². The highest BCUT2D eigenvalue weighted by Gasteiger charge is 2.35. The van der Waals surface area contributed by atoms with Gasteiger partial charge in [0.05, 0.1) is 12.0 Å². The third-order valence-electron chi connectivity index (χ3n) is 4.23. The number of hydrogen-bond acceptors (Lipinski definition) is 3. The van der Waals surface area contributed by atoms with Crippen molar-refractivity contribution < 1.29 is 4.79 Å². The van der Waals surface area contributed by atoms with Crippen LogP contribution in [-0.4, -0.2) is 18.5 Å². The molecule has 1 aliphatic heterocycles. The maximum atomic E-state index is 12.4. The molecule has 2 atom stereocenters. The van der Waals surface area contributed by atoms with Gasteiger partial charge in [0.2, 0.25) is 5.91 Å². The van der Waals surface area contributed by atoms with Crippen LogP contribution in [-0.2, 0) is 4.79 Å². The van der Waals surface area contributed by atoms with Gasteiger partial charge in [-0.25, -0.2) is 5.43 Å². The fourth-order valence-corrected chi connectivity index (χ4v) is 3.33. The van der Waals surface area contributed by atoms with Gasteiger partial charge in [-0.3, -0.25) is 10.2 Å². The molecule has 4 nitrogen and oxygen atoms in total. The van der Waals surface area contributed by atoms with Crippen LogP contribution in [0.25, 0.3) is 0 Å². The lowest BCUT2D eigenvalue weighted by Gasteiger charge is -2.21. The molecule has 0 aromatic heterocycles. The fourth-order valence-electron chi connectivity index (χ4n) is 3.14. The number of carbonyl (C=O) groups is 1. The first-order chi connectivity index (χ1) is 9.74. The molecule has 2 unspecified atom stereocenters. The van der Waals surface area contributed by atoms with Crippen LogP contribution in [0.2, 0.25) is 5.02 Å². The predicted molar refractivity (Wildman–Crippen MR) is 79.2 cm³/mol. The molecule has 2 aliphatic rings. The van der Waals surface area contributed by atoms with Gasteiger partial charge in [-0.1, -0.05) is 36.6 Å². The molecule has 0 radical (unpaired) electrons. The van der Waals surface area contributed by atoms with Gasteiger partial charge in [0.1, 0.15) is 0 Å². The Labute approximate surface area is 124 Å². The summed E-state index contributed by atoms with van der Waals surface area (Å²) in [4.78, 5) is 12.4. The number of hydrazine groups is 1. The highest BCUT2D eigenvalue weighted by Crippen LogP contribution is 2.27. The molecule has 20 heavy (non-hydrogen) atoms. The second-order valence-corrected chi connectivity index (χ2v) is 6.09. The first-order valence-corrected chi connectivity index (χ1v) is 7.66. The summed E-state index contributed by atoms with van der Waals surface area (Å²) in [5, 5.41) is 3.88. The largest absolute Gasteiger partial charge is 0.353 e. The Bertz CT molecular complexity index is 488. The lowest BCUT2D eigenvalue weighted by Crippen LogP contribution is -2.40. The molecule has 108 valence electrons. The van der Waals surface area contributed by atoms with E-state index in [0.717, 1.165) is 18.4 Å². The minimum Gasteiger partial charge on any atom is -0.353 e. The van der Waals surface area contributed by atoms with Crippen molar-refractivity contribution in [2.75, 3.05) is 6.54 Å². The van der Waals surface area contributed by atoms with Crippen LogP contribution in [0.3, 0.4) is 0 Å². The Morgan fingerprint density at radius 3 is 2.85 bits per heavy atom. The SMILES string of the molecule is O=C(NC1CCCC1)C1CNNC1c1cccc(Cl)c1. The van der Waals surface area contributed by atoms with Crippen LogP contribution in [0.1, 0.15) is 37.3 Å². The Balaban J connectivity index is 1.70. The third-order valence-corrected chi connectivity index (χ3v) is 4.46. The lowest BCUT2D eigenvalue weighted by molar-refractivity contribution is -0.125. The summed E-state index contributed by atoms with van der Waals surface area (Å²) in [5.74, 6) is 0.0495. The first-order valence-electron chi connectivity index (χ1n) is 7.28. The van der Waals surface area contributed by atoms with Gasteiger partial charge in [0, 0.05) is 17.6 Å². The molecule has 3 rings (SSSR count). The van der Waals surface area contributed by atoms with Crippen molar-refractivity contribution in [2.45, 2.75) is 37.8 Å². The summed E-state index contributed by atoms with van der Waals surface area (Å²) in [6.07, 6.45) is 4.68. The van der Waals surface area contributed by atoms with E-state index in [0.29, 0.717) is 17.6 Å². The zero-order valence-electron chi connectivity index (χ0n) is 11.4. The Morgan fingerprint density at radius 2 is 2.10 bits per heavy atom. The Hall–Kier alpha value is -1.10. The Morgan fingerprint density at radius 1 is 1.30 bits per heavy atom. The number of nitrogens with one attached hydrogen (secondary N) is 3. The van der Waals surface area contributed by atoms with E-state index < -0.39 is 0 Å². The van der Waals surface area contributed by atoms with Crippen molar-refractivity contribution in [3.05, 3.63) is 34.9 Å². The third kappa shape index (κ3) is 2.97. The number of benzene rings is 1. The van der Waals surface area contributed by atoms with Gasteiger partial charge in [0.25, 0.3) is 0 Å². The molecule has 1 amide bonds. The number of halogens is 1. The van der Waals surface area contributed by atoms with Gasteiger partial charge < -0.3 is 5.32 Å². The van der Waals surface area contributed by atoms with E-state index in [1.165, 1.54) is 12.8 Å². The average Bonchev–Trinajstić information content (AvgIpc) is 3.09. The minimum atomic E-state index is -0.0888. The maximum absolute atomic E-state index is 12.4. The van der Waals surface area contributed by atoms with Crippen LogP contribution >= 0.6 is 11.6 Å². The zero-order chi connectivity index (χ0) is 13.9. The van der Waals surface area contributed by atoms with E-state index in [-0.39, 0.29) is 17.9 Å². The van der Waals surface area contributed by atoms with Crippen LogP contribution < -0.4 is 16.2 Å². The smallest absolute Gasteiger partial charge is 0.226 e. The maximum Gasteiger partial charge on any atom is 0.226 e. The van der Waals surface area contributed by atoms with Gasteiger partial charge in [0.15, 0.2) is 0 Å². The molecular formula is C15H20ClN3O. The molecule has 2 fully saturated rings. The molecule has 1 aromatic carbocycles. The molecule has 1 saturated heterocycles. The average molecular weight is 294 g/mol. The van der Waals surface area contributed by atoms with Crippen molar-refractivity contribution in [3.63, 3.8) is 0 Å². The van der Waals surface area contributed by atoms with Crippen molar-refractivity contribution in [2.24, 2.45) is 5.92 Å². The van der Waals surface area contributed by atoms with E-state index in [2.05, 4.69) is 16.2 Å². The van der Waals surface area contributed by atoms with E-state index in [1.54, 1.807) is 0 Å². The minimum absolute atomic E-state index is 0.0184. The fraction of sp³-hybridized carbons (Fsp3) is 0.533. The zero-order valence-corrected chi connectivity index (χ0v) is 12.1. The molecule has 1 heterocycles. The van der Waals surface area contributed by atoms with Gasteiger partial charge in [-0.05, 0) is 30.5 Å². The quantitative estimate of drug-likeness (QED) is 0.800. The summed E-state index contributed by atoms with van der Waals surface area (Å²) in [7, 11) is 0. The van der Waals surface area contributed by atoms with Crippen molar-refractivity contribution >= 4 is 17.5 Å². The van der Waals surface area contributed by atoms with Gasteiger partial charge in [-0.15, -0.1) is 0 Å². The number of carbonyl (C=O) groups excluding carboxylic acids is 1. The molecular weight excluding hydrogens is 274 g/mol. The van der Waals surface area contributed by atoms with Crippen LogP contribution in [0.4, 0.5) is 0 Å². The molecule has 0 spiro atoms. The van der Waals surface area contributed by atoms with E-state index in [4.69, 9.17) is 11.6 Å². The second kappa shape index (κ2) is 6.12. The molecule has 5 heteroatoms. The normalized spacial score (nSPS) is 26.9. The topological polar surface area (TPSA) is 53.2 Å². The van der Waals surface area contributed by atoms with E-state index in [1.807, 2.05) is 24.3 Å². The monoisotopic (exact) mass is 293 g/mol. The number of amides is 1. The molecule has 1 saturated carbocycles. The number of rotatable bonds is 3. The highest BCUT2D eigenvalue weighted by atomic mass is 35.5. The summed E-state index contributed by atoms with van der Waals surface area (Å²) in [5.41, 5.74) is 7.33. The predicted octanol–water partition coefficient (Wildman–Crippen LogP) is 2.16. The van der Waals surface area contributed by atoms with Crippen LogP contribution in [0.15, 0.2) is 24.3 Å². The lowest BCUT2D eigenvalue weighted by atomic mass is 9.94. The highest BCUT2D eigenvalue weighted by molar-refractivity contribution is 6.30. The van der Waals surface area contributed by atoms with E-state index >= 15 is 0 Å². The Kier molecular flexibility index (Phi) is 4.24. The van der Waals surface area contributed by atoms with Crippen molar-refractivity contribution in [1.29, 1.82) is 0 Å². The molecule has 1 aliphatic carbocycles. The molecule has 3 N–H and O–H groups in total.